The topological polar surface area (TPSA) is 260 Å². The summed E-state index contributed by atoms with van der Waals surface area (Å²) in [7, 11) is 4.50. The number of hydrogen-bond donors (Lipinski definition) is 3. The number of Topliss-reactive ketones (excluding diaryl/α,β-unsaturated/α-hetero) is 3. The van der Waals surface area contributed by atoms with E-state index in [2.05, 4.69) is 5.32 Å². The van der Waals surface area contributed by atoms with Crippen LogP contribution in [0.2, 0.25) is 0 Å². The third-order valence-corrected chi connectivity index (χ3v) is 16.9. The molecule has 21 heteroatoms. The molecule has 0 unspecified atom stereocenters. The van der Waals surface area contributed by atoms with Crippen molar-refractivity contribution in [3.63, 3.8) is 0 Å². The summed E-state index contributed by atoms with van der Waals surface area (Å²) in [6.45, 7) is 19.3. The Morgan fingerprint density at radius 1 is 0.765 bits per heavy atom. The fourth-order valence-electron chi connectivity index (χ4n) is 11.7. The van der Waals surface area contributed by atoms with Crippen LogP contribution in [0, 0.1) is 35.5 Å². The van der Waals surface area contributed by atoms with E-state index in [1.54, 1.807) is 48.0 Å². The first-order valence-corrected chi connectivity index (χ1v) is 31.0. The Hall–Kier alpha value is -4.26. The SMILES string of the molecule is CCOCCOCCOCCOCCOCCNC(=O)O[C@@H]1CC[C@@H](C[C@@H](C)[C@@H]2CC(=O)[C@H](C)/C=C(\C)[C@@H](O)[C@@H](OC)C(=O)[C@H](C)C[C@H](C)/C=C/C=C/C=C(\C)[C@@H](OC)C[C@@H]3CC[C@@H](C)[C@@](O)(O3)C(=O)C(=O)N3CCCC[C@H]3C(=O)O2)C[C@H]1OC. The van der Waals surface area contributed by atoms with Gasteiger partial charge in [-0.25, -0.2) is 9.59 Å². The van der Waals surface area contributed by atoms with Gasteiger partial charge in [0.15, 0.2) is 5.78 Å². The summed E-state index contributed by atoms with van der Waals surface area (Å²) in [4.78, 5) is 85.8. The summed E-state index contributed by atoms with van der Waals surface area (Å²) in [5.74, 6) is -8.48. The van der Waals surface area contributed by atoms with E-state index in [1.165, 1.54) is 12.0 Å². The lowest BCUT2D eigenvalue weighted by Gasteiger charge is -2.42. The molecule has 1 aliphatic carbocycles. The third kappa shape index (κ3) is 24.0. The molecule has 21 nitrogen and oxygen atoms in total. The summed E-state index contributed by atoms with van der Waals surface area (Å²) in [6, 6.07) is -1.19. The van der Waals surface area contributed by atoms with Crippen LogP contribution in [0.4, 0.5) is 4.79 Å². The molecule has 0 aromatic carbocycles. The third-order valence-electron chi connectivity index (χ3n) is 16.9. The lowest BCUT2D eigenvalue weighted by molar-refractivity contribution is -0.265. The molecule has 3 N–H and O–H groups in total. The number of esters is 1. The number of allylic oxidation sites excluding steroid dienone is 6. The first-order valence-electron chi connectivity index (χ1n) is 31.0. The van der Waals surface area contributed by atoms with Gasteiger partial charge in [0.1, 0.15) is 36.2 Å². The molecule has 0 aromatic heterocycles. The summed E-state index contributed by atoms with van der Waals surface area (Å²) >= 11 is 0. The summed E-state index contributed by atoms with van der Waals surface area (Å²) in [6.07, 6.45) is 9.70. The average molecular weight is 1210 g/mol. The van der Waals surface area contributed by atoms with Crippen molar-refractivity contribution in [3.05, 3.63) is 47.6 Å². The molecule has 3 fully saturated rings. The number of aliphatic hydroxyl groups is 2. The van der Waals surface area contributed by atoms with Gasteiger partial charge in [0.25, 0.3) is 11.7 Å². The molecule has 2 saturated heterocycles. The van der Waals surface area contributed by atoms with Gasteiger partial charge < -0.3 is 72.5 Å². The fraction of sp³-hybridized carbons (Fsp3) is 0.781. The Balaban J connectivity index is 1.48. The van der Waals surface area contributed by atoms with Crippen molar-refractivity contribution < 1.29 is 91.1 Å². The predicted octanol–water partition coefficient (Wildman–Crippen LogP) is 7.02. The zero-order chi connectivity index (χ0) is 62.5. The zero-order valence-electron chi connectivity index (χ0n) is 52.8. The standard InChI is InChI=1S/C64H104N2O19/c1-12-78-28-29-80-32-33-82-35-34-81-31-30-79-27-25-65-63(73)84-53-24-22-49(39-56(53)76-10)38-45(5)55-41-52(67)44(4)37-47(7)58(69)59(77-11)57(68)46(6)36-42(2)18-14-13-15-19-43(3)54(75-9)40-50-23-21-48(8)64(74,85-50)60(70)61(71)66-26-17-16-20-51(66)62(72)83-55/h13-15,18-19,37,42,44-46,48-51,53-56,58-59,69,74H,12,16-17,20-36,38-41H2,1-11H3,(H,65,73)/b15-13+,18-14+,43-19+,47-37+/t42-,44-,45-,46-,48-,49+,50+,51+,53-,54+,55+,56-,58-,59+,64-/m1/s1. The molecule has 0 aromatic rings. The number of methoxy groups -OCH3 is 3. The molecule has 85 heavy (non-hydrogen) atoms. The highest BCUT2D eigenvalue weighted by Crippen LogP contribution is 2.38. The molecule has 4 aliphatic rings. The Labute approximate surface area is 505 Å². The van der Waals surface area contributed by atoms with Crippen molar-refractivity contribution in [1.82, 2.24) is 10.2 Å². The lowest BCUT2D eigenvalue weighted by Crippen LogP contribution is -2.61. The number of fused-ring (bicyclic) bond motifs is 3. The molecule has 1 saturated carbocycles. The van der Waals surface area contributed by atoms with E-state index < -0.39 is 102 Å². The predicted molar refractivity (Wildman–Crippen MR) is 317 cm³/mol. The number of piperidine rings is 1. The average Bonchev–Trinajstić information content (AvgIpc) is 2.10. The molecule has 3 aliphatic heterocycles. The highest BCUT2D eigenvalue weighted by atomic mass is 16.6. The van der Waals surface area contributed by atoms with Crippen molar-refractivity contribution in [1.29, 1.82) is 0 Å². The number of amides is 2. The van der Waals surface area contributed by atoms with Crippen molar-refractivity contribution in [2.75, 3.05) is 100 Å². The molecular weight excluding hydrogens is 1100 g/mol. The molecule has 484 valence electrons. The molecule has 0 spiro atoms. The number of carbonyl (C=O) groups excluding carboxylic acids is 6. The maximum atomic E-state index is 14.6. The Kier molecular flexibility index (Phi) is 33.5. The van der Waals surface area contributed by atoms with Crippen LogP contribution >= 0.6 is 0 Å². The van der Waals surface area contributed by atoms with Gasteiger partial charge in [-0.1, -0.05) is 71.1 Å². The van der Waals surface area contributed by atoms with Crippen molar-refractivity contribution in [2.45, 2.75) is 187 Å². The van der Waals surface area contributed by atoms with Crippen LogP contribution in [0.1, 0.15) is 132 Å². The minimum Gasteiger partial charge on any atom is -0.460 e. The van der Waals surface area contributed by atoms with E-state index in [9.17, 15) is 39.0 Å². The number of nitrogens with one attached hydrogen (secondary N) is 1. The fourth-order valence-corrected chi connectivity index (χ4v) is 11.7. The largest absolute Gasteiger partial charge is 0.460 e. The van der Waals surface area contributed by atoms with E-state index in [0.29, 0.717) is 129 Å². The number of nitrogens with zero attached hydrogens (tertiary/aromatic N) is 1. The molecule has 4 rings (SSSR count). The van der Waals surface area contributed by atoms with Crippen LogP contribution in [0.15, 0.2) is 47.6 Å². The van der Waals surface area contributed by atoms with Crippen molar-refractivity contribution in [2.24, 2.45) is 35.5 Å². The monoisotopic (exact) mass is 1200 g/mol. The summed E-state index contributed by atoms with van der Waals surface area (Å²) < 4.78 is 63.0. The second-order valence-corrected chi connectivity index (χ2v) is 23.5. The van der Waals surface area contributed by atoms with Gasteiger partial charge in [-0.15, -0.1) is 0 Å². The number of cyclic esters (lactones) is 1. The van der Waals surface area contributed by atoms with Gasteiger partial charge >= 0.3 is 12.1 Å². The first-order chi connectivity index (χ1) is 40.7. The molecular formula is C64H104N2O19. The van der Waals surface area contributed by atoms with Gasteiger partial charge in [-0.05, 0) is 114 Å². The van der Waals surface area contributed by atoms with Gasteiger partial charge in [0.2, 0.25) is 5.79 Å². The molecule has 2 bridgehead atoms. The molecule has 15 atom stereocenters. The number of ether oxygens (including phenoxy) is 11. The maximum absolute atomic E-state index is 14.6. The Morgan fingerprint density at radius 2 is 1.42 bits per heavy atom. The van der Waals surface area contributed by atoms with E-state index in [1.807, 2.05) is 58.1 Å². The van der Waals surface area contributed by atoms with E-state index in [4.69, 9.17) is 52.1 Å². The molecule has 2 amide bonds. The number of ketones is 3. The van der Waals surface area contributed by atoms with Crippen LogP contribution < -0.4 is 5.32 Å². The smallest absolute Gasteiger partial charge is 0.407 e. The maximum Gasteiger partial charge on any atom is 0.407 e. The lowest BCUT2D eigenvalue weighted by atomic mass is 9.78. The number of aliphatic hydroxyl groups excluding tert-OH is 1. The van der Waals surface area contributed by atoms with Crippen molar-refractivity contribution in [3.8, 4) is 0 Å². The van der Waals surface area contributed by atoms with E-state index in [0.717, 1.165) is 5.57 Å². The van der Waals surface area contributed by atoms with Crippen LogP contribution in [0.3, 0.4) is 0 Å². The highest BCUT2D eigenvalue weighted by molar-refractivity contribution is 6.39. The number of hydrogen-bond acceptors (Lipinski definition) is 19. The summed E-state index contributed by atoms with van der Waals surface area (Å²) in [5, 5.41) is 26.4. The van der Waals surface area contributed by atoms with Crippen LogP contribution in [-0.4, -0.2) is 205 Å². The highest BCUT2D eigenvalue weighted by Gasteiger charge is 2.53. The minimum absolute atomic E-state index is 0.00123. The number of carbonyl (C=O) groups is 6. The van der Waals surface area contributed by atoms with Crippen LogP contribution in [0.25, 0.3) is 0 Å². The first kappa shape index (κ1) is 73.2. The molecule has 0 radical (unpaired) electrons. The Morgan fingerprint density at radius 3 is 2.06 bits per heavy atom. The minimum atomic E-state index is -2.47. The second-order valence-electron chi connectivity index (χ2n) is 23.5. The van der Waals surface area contributed by atoms with E-state index >= 15 is 0 Å². The number of alkyl carbamates (subject to hydrolysis) is 1. The van der Waals surface area contributed by atoms with Crippen LogP contribution in [0.5, 0.6) is 0 Å². The van der Waals surface area contributed by atoms with Crippen LogP contribution in [-0.2, 0) is 76.1 Å². The quantitative estimate of drug-likeness (QED) is 0.0402. The Bertz CT molecular complexity index is 2190. The number of rotatable bonds is 23. The second kappa shape index (κ2) is 38.9. The van der Waals surface area contributed by atoms with Gasteiger partial charge in [-0.2, -0.15) is 0 Å². The van der Waals surface area contributed by atoms with E-state index in [-0.39, 0.29) is 55.9 Å². The van der Waals surface area contributed by atoms with Crippen molar-refractivity contribution >= 4 is 35.3 Å². The van der Waals surface area contributed by atoms with Gasteiger partial charge in [0, 0.05) is 71.6 Å². The zero-order valence-corrected chi connectivity index (χ0v) is 52.8. The van der Waals surface area contributed by atoms with Gasteiger partial charge in [-0.3, -0.25) is 19.2 Å². The normalized spacial score (nSPS) is 33.6. The van der Waals surface area contributed by atoms with Gasteiger partial charge in [0.05, 0.1) is 77.8 Å². The molecule has 3 heterocycles. The summed E-state index contributed by atoms with van der Waals surface area (Å²) in [5.41, 5.74) is 1.23.